The molecule has 2 aromatic rings. The van der Waals surface area contributed by atoms with Gasteiger partial charge in [0.2, 0.25) is 11.8 Å². The molecule has 1 aliphatic rings. The van der Waals surface area contributed by atoms with Crippen LogP contribution in [0.3, 0.4) is 0 Å². The molecule has 0 spiro atoms. The second-order valence-corrected chi connectivity index (χ2v) is 6.83. The van der Waals surface area contributed by atoms with Gasteiger partial charge in [-0.1, -0.05) is 13.0 Å². The van der Waals surface area contributed by atoms with E-state index in [-0.39, 0.29) is 42.6 Å². The lowest BCUT2D eigenvalue weighted by atomic mass is 9.90. The number of thiophene rings is 1. The Kier molecular flexibility index (Phi) is 7.07. The molecule has 0 radical (unpaired) electrons. The topological polar surface area (TPSA) is 72.4 Å². The van der Waals surface area contributed by atoms with Crippen LogP contribution >= 0.6 is 36.2 Å². The first kappa shape index (κ1) is 20.0. The number of amides is 1. The highest BCUT2D eigenvalue weighted by Gasteiger charge is 2.34. The van der Waals surface area contributed by atoms with Crippen molar-refractivity contribution in [2.45, 2.75) is 19.8 Å². The number of rotatable bonds is 4. The molecule has 1 aliphatic heterocycles. The molecule has 3 heterocycles. The van der Waals surface area contributed by atoms with Crippen LogP contribution in [0.15, 0.2) is 28.2 Å². The molecule has 2 aromatic heterocycles. The first-order valence-corrected chi connectivity index (χ1v) is 7.94. The molecule has 23 heavy (non-hydrogen) atoms. The number of hydrogen-bond donors (Lipinski definition) is 1. The van der Waals surface area contributed by atoms with Crippen LogP contribution < -0.4 is 5.73 Å². The summed E-state index contributed by atoms with van der Waals surface area (Å²) in [4.78, 5) is 19.6. The Labute approximate surface area is 152 Å². The molecule has 0 bridgehead atoms. The highest BCUT2D eigenvalue weighted by Crippen LogP contribution is 2.29. The Balaban J connectivity index is 0.00000132. The minimum Gasteiger partial charge on any atom is -0.444 e. The van der Waals surface area contributed by atoms with Gasteiger partial charge in [0.1, 0.15) is 6.26 Å². The molecule has 3 rings (SSSR count). The average molecular weight is 378 g/mol. The van der Waals surface area contributed by atoms with Crippen molar-refractivity contribution in [2.75, 3.05) is 19.6 Å². The van der Waals surface area contributed by atoms with Crippen LogP contribution in [0.5, 0.6) is 0 Å². The van der Waals surface area contributed by atoms with Gasteiger partial charge in [0.25, 0.3) is 0 Å². The molecule has 5 nitrogen and oxygen atoms in total. The third-order valence-corrected chi connectivity index (χ3v) is 4.88. The van der Waals surface area contributed by atoms with Gasteiger partial charge in [-0.05, 0) is 29.8 Å². The maximum atomic E-state index is 12.3. The van der Waals surface area contributed by atoms with Crippen LogP contribution in [0.2, 0.25) is 0 Å². The van der Waals surface area contributed by atoms with Crippen molar-refractivity contribution in [2.24, 2.45) is 11.1 Å². The Morgan fingerprint density at radius 3 is 2.91 bits per heavy atom. The number of aromatic nitrogens is 1. The molecule has 0 aliphatic carbocycles. The smallest absolute Gasteiger partial charge is 0.236 e. The van der Waals surface area contributed by atoms with E-state index in [0.717, 1.165) is 24.4 Å². The zero-order chi connectivity index (χ0) is 14.9. The Morgan fingerprint density at radius 1 is 1.52 bits per heavy atom. The van der Waals surface area contributed by atoms with E-state index in [1.807, 2.05) is 22.4 Å². The van der Waals surface area contributed by atoms with Crippen molar-refractivity contribution in [1.82, 2.24) is 9.88 Å². The number of nitrogens with zero attached hydrogens (tertiary/aromatic N) is 2. The maximum Gasteiger partial charge on any atom is 0.236 e. The van der Waals surface area contributed by atoms with E-state index >= 15 is 0 Å². The molecule has 8 heteroatoms. The zero-order valence-electron chi connectivity index (χ0n) is 12.9. The molecule has 1 saturated heterocycles. The molecule has 0 aromatic carbocycles. The van der Waals surface area contributed by atoms with Crippen LogP contribution in [0.25, 0.3) is 10.8 Å². The first-order valence-electron chi connectivity index (χ1n) is 7.06. The molecule has 128 valence electrons. The lowest BCUT2D eigenvalue weighted by Gasteiger charge is -2.22. The Hall–Kier alpha value is -1.08. The van der Waals surface area contributed by atoms with E-state index in [0.29, 0.717) is 18.1 Å². The third kappa shape index (κ3) is 4.47. The summed E-state index contributed by atoms with van der Waals surface area (Å²) in [6.07, 6.45) is 2.83. The van der Waals surface area contributed by atoms with Gasteiger partial charge in [0.15, 0.2) is 0 Å². The standard InChI is InChI=1S/C15H19N3O2S.2ClH/c1-15(9-16)4-5-18(10-15)13(19)7-11-8-20-14(17-11)12-3-2-6-21-12;;/h2-3,6,8H,4-5,7,9-10,16H2,1H3;2*1H. The van der Waals surface area contributed by atoms with Crippen LogP contribution in [-0.4, -0.2) is 35.4 Å². The van der Waals surface area contributed by atoms with Crippen molar-refractivity contribution in [1.29, 1.82) is 0 Å². The molecular formula is C15H21Cl2N3O2S. The van der Waals surface area contributed by atoms with Gasteiger partial charge in [0.05, 0.1) is 17.0 Å². The van der Waals surface area contributed by atoms with Gasteiger partial charge in [-0.15, -0.1) is 36.2 Å². The molecule has 1 amide bonds. The van der Waals surface area contributed by atoms with E-state index in [2.05, 4.69) is 11.9 Å². The maximum absolute atomic E-state index is 12.3. The Morgan fingerprint density at radius 2 is 2.30 bits per heavy atom. The lowest BCUT2D eigenvalue weighted by Crippen LogP contribution is -2.35. The van der Waals surface area contributed by atoms with Crippen LogP contribution in [0, 0.1) is 5.41 Å². The van der Waals surface area contributed by atoms with Gasteiger partial charge in [-0.3, -0.25) is 4.79 Å². The largest absolute Gasteiger partial charge is 0.444 e. The van der Waals surface area contributed by atoms with E-state index in [1.165, 1.54) is 0 Å². The first-order chi connectivity index (χ1) is 10.1. The monoisotopic (exact) mass is 377 g/mol. The van der Waals surface area contributed by atoms with Gasteiger partial charge in [-0.25, -0.2) is 4.98 Å². The van der Waals surface area contributed by atoms with Crippen molar-refractivity contribution >= 4 is 42.1 Å². The average Bonchev–Trinajstić information content (AvgIpc) is 3.18. The second kappa shape index (κ2) is 8.15. The minimum atomic E-state index is 0. The molecule has 1 atom stereocenters. The zero-order valence-corrected chi connectivity index (χ0v) is 15.3. The van der Waals surface area contributed by atoms with Crippen molar-refractivity contribution in [3.8, 4) is 10.8 Å². The molecule has 1 fully saturated rings. The highest BCUT2D eigenvalue weighted by molar-refractivity contribution is 7.13. The van der Waals surface area contributed by atoms with Crippen LogP contribution in [-0.2, 0) is 11.2 Å². The van der Waals surface area contributed by atoms with E-state index in [9.17, 15) is 4.79 Å². The van der Waals surface area contributed by atoms with E-state index < -0.39 is 0 Å². The minimum absolute atomic E-state index is 0. The number of carbonyl (C=O) groups excluding carboxylic acids is 1. The van der Waals surface area contributed by atoms with Crippen molar-refractivity contribution in [3.05, 3.63) is 29.5 Å². The highest BCUT2D eigenvalue weighted by atomic mass is 35.5. The van der Waals surface area contributed by atoms with Crippen molar-refractivity contribution < 1.29 is 9.21 Å². The van der Waals surface area contributed by atoms with Crippen LogP contribution in [0.4, 0.5) is 0 Å². The summed E-state index contributed by atoms with van der Waals surface area (Å²) in [5.41, 5.74) is 6.52. The third-order valence-electron chi connectivity index (χ3n) is 4.02. The fourth-order valence-electron chi connectivity index (χ4n) is 2.57. The summed E-state index contributed by atoms with van der Waals surface area (Å²) in [6, 6.07) is 3.90. The number of hydrogen-bond acceptors (Lipinski definition) is 5. The van der Waals surface area contributed by atoms with Crippen LogP contribution in [0.1, 0.15) is 19.0 Å². The number of carbonyl (C=O) groups is 1. The number of nitrogens with two attached hydrogens (primary N) is 1. The number of oxazole rings is 1. The Bertz CT molecular complexity index is 632. The summed E-state index contributed by atoms with van der Waals surface area (Å²) in [5, 5.41) is 1.97. The quantitative estimate of drug-likeness (QED) is 0.888. The summed E-state index contributed by atoms with van der Waals surface area (Å²) in [7, 11) is 0. The normalized spacial score (nSPS) is 20.0. The van der Waals surface area contributed by atoms with Crippen molar-refractivity contribution in [3.63, 3.8) is 0 Å². The number of halogens is 2. The summed E-state index contributed by atoms with van der Waals surface area (Å²) in [5.74, 6) is 0.680. The SMILES string of the molecule is CC1(CN)CCN(C(=O)Cc2coc(-c3cccs3)n2)C1.Cl.Cl. The fraction of sp³-hybridized carbons (Fsp3) is 0.467. The predicted octanol–water partition coefficient (Wildman–Crippen LogP) is 2.99. The van der Waals surface area contributed by atoms with E-state index in [4.69, 9.17) is 10.2 Å². The van der Waals surface area contributed by atoms with Gasteiger partial charge in [-0.2, -0.15) is 0 Å². The molecule has 2 N–H and O–H groups in total. The second-order valence-electron chi connectivity index (χ2n) is 5.88. The van der Waals surface area contributed by atoms with Gasteiger partial charge in [0, 0.05) is 13.1 Å². The molecule has 1 unspecified atom stereocenters. The molecular weight excluding hydrogens is 357 g/mol. The summed E-state index contributed by atoms with van der Waals surface area (Å²) < 4.78 is 5.44. The van der Waals surface area contributed by atoms with Gasteiger partial charge < -0.3 is 15.1 Å². The number of likely N-dealkylation sites (tertiary alicyclic amines) is 1. The predicted molar refractivity (Wildman–Crippen MR) is 96.4 cm³/mol. The molecule has 0 saturated carbocycles. The lowest BCUT2D eigenvalue weighted by molar-refractivity contribution is -0.129. The fourth-order valence-corrected chi connectivity index (χ4v) is 3.23. The van der Waals surface area contributed by atoms with E-state index in [1.54, 1.807) is 17.6 Å². The summed E-state index contributed by atoms with van der Waals surface area (Å²) in [6.45, 7) is 4.26. The van der Waals surface area contributed by atoms with Gasteiger partial charge >= 0.3 is 0 Å². The summed E-state index contributed by atoms with van der Waals surface area (Å²) >= 11 is 1.57.